The Kier molecular flexibility index (Phi) is 3.99. The lowest BCUT2D eigenvalue weighted by Crippen LogP contribution is -2.41. The molecule has 128 valence electrons. The van der Waals surface area contributed by atoms with Crippen LogP contribution in [0.4, 0.5) is 4.39 Å². The van der Waals surface area contributed by atoms with E-state index in [-0.39, 0.29) is 18.3 Å². The summed E-state index contributed by atoms with van der Waals surface area (Å²) in [4.78, 5) is 16.7. The number of amides is 1. The Morgan fingerprint density at radius 2 is 2.12 bits per heavy atom. The van der Waals surface area contributed by atoms with Gasteiger partial charge in [0.1, 0.15) is 12.4 Å². The standard InChI is InChI=1S/C20H20FN3O/c1-13-9-14(5-6-17(13)21)15-10-19-18(22-11-15)7-8-24(19)12-20(25)23-16-3-2-4-16/h5-11,16H,2-4,12H2,1H3,(H,23,25). The molecule has 2 heterocycles. The van der Waals surface area contributed by atoms with Crippen LogP contribution >= 0.6 is 0 Å². The Bertz CT molecular complexity index is 943. The van der Waals surface area contributed by atoms with E-state index in [4.69, 9.17) is 0 Å². The second-order valence-electron chi connectivity index (χ2n) is 6.73. The van der Waals surface area contributed by atoms with E-state index in [2.05, 4.69) is 10.3 Å². The molecule has 2 aromatic heterocycles. The van der Waals surface area contributed by atoms with E-state index in [1.165, 1.54) is 12.5 Å². The summed E-state index contributed by atoms with van der Waals surface area (Å²) in [6, 6.07) is 9.29. The molecule has 1 aliphatic carbocycles. The molecule has 1 fully saturated rings. The summed E-state index contributed by atoms with van der Waals surface area (Å²) in [5, 5.41) is 3.06. The second-order valence-corrected chi connectivity index (χ2v) is 6.73. The summed E-state index contributed by atoms with van der Waals surface area (Å²) in [5.74, 6) is -0.181. The van der Waals surface area contributed by atoms with E-state index in [1.807, 2.05) is 29.0 Å². The van der Waals surface area contributed by atoms with Crippen LogP contribution in [0.25, 0.3) is 22.2 Å². The third-order valence-electron chi connectivity index (χ3n) is 4.89. The van der Waals surface area contributed by atoms with Crippen molar-refractivity contribution in [2.75, 3.05) is 0 Å². The fourth-order valence-corrected chi connectivity index (χ4v) is 3.16. The van der Waals surface area contributed by atoms with Gasteiger partial charge in [-0.05, 0) is 61.6 Å². The van der Waals surface area contributed by atoms with Crippen LogP contribution < -0.4 is 5.32 Å². The van der Waals surface area contributed by atoms with Gasteiger partial charge >= 0.3 is 0 Å². The number of pyridine rings is 1. The number of aryl methyl sites for hydroxylation is 1. The van der Waals surface area contributed by atoms with Gasteiger partial charge in [0.05, 0.1) is 11.0 Å². The number of rotatable bonds is 4. The van der Waals surface area contributed by atoms with Crippen molar-refractivity contribution >= 4 is 16.9 Å². The largest absolute Gasteiger partial charge is 0.352 e. The van der Waals surface area contributed by atoms with Crippen LogP contribution in [0.1, 0.15) is 24.8 Å². The molecular formula is C20H20FN3O. The van der Waals surface area contributed by atoms with Gasteiger partial charge in [-0.15, -0.1) is 0 Å². The van der Waals surface area contributed by atoms with E-state index in [0.29, 0.717) is 11.6 Å². The number of nitrogens with zero attached hydrogens (tertiary/aromatic N) is 2. The molecule has 1 N–H and O–H groups in total. The van der Waals surface area contributed by atoms with Gasteiger partial charge in [0.2, 0.25) is 5.91 Å². The molecule has 5 heteroatoms. The molecule has 0 radical (unpaired) electrons. The summed E-state index contributed by atoms with van der Waals surface area (Å²) >= 11 is 0. The minimum atomic E-state index is -0.214. The maximum Gasteiger partial charge on any atom is 0.240 e. The average Bonchev–Trinajstić information content (AvgIpc) is 2.96. The SMILES string of the molecule is Cc1cc(-c2cnc3ccn(CC(=O)NC4CCC4)c3c2)ccc1F. The first kappa shape index (κ1) is 15.8. The van der Waals surface area contributed by atoms with Crippen molar-refractivity contribution in [3.05, 3.63) is 54.1 Å². The van der Waals surface area contributed by atoms with Gasteiger partial charge in [-0.3, -0.25) is 9.78 Å². The molecule has 25 heavy (non-hydrogen) atoms. The van der Waals surface area contributed by atoms with Gasteiger partial charge in [0, 0.05) is 24.0 Å². The third-order valence-corrected chi connectivity index (χ3v) is 4.89. The summed E-state index contributed by atoms with van der Waals surface area (Å²) in [5.41, 5.74) is 4.19. The van der Waals surface area contributed by atoms with E-state index in [0.717, 1.165) is 35.0 Å². The van der Waals surface area contributed by atoms with Crippen LogP contribution in [-0.2, 0) is 11.3 Å². The van der Waals surface area contributed by atoms with Gasteiger partial charge in [0.15, 0.2) is 0 Å². The Morgan fingerprint density at radius 3 is 2.84 bits per heavy atom. The van der Waals surface area contributed by atoms with E-state index in [1.54, 1.807) is 19.2 Å². The zero-order valence-corrected chi connectivity index (χ0v) is 14.1. The molecule has 1 saturated carbocycles. The van der Waals surface area contributed by atoms with Crippen LogP contribution in [0.2, 0.25) is 0 Å². The van der Waals surface area contributed by atoms with Crippen molar-refractivity contribution in [1.29, 1.82) is 0 Å². The third kappa shape index (κ3) is 3.14. The highest BCUT2D eigenvalue weighted by Gasteiger charge is 2.19. The van der Waals surface area contributed by atoms with Crippen LogP contribution in [-0.4, -0.2) is 21.5 Å². The minimum Gasteiger partial charge on any atom is -0.352 e. The van der Waals surface area contributed by atoms with E-state index < -0.39 is 0 Å². The smallest absolute Gasteiger partial charge is 0.240 e. The predicted octanol–water partition coefficient (Wildman–Crippen LogP) is 3.82. The Balaban J connectivity index is 1.62. The average molecular weight is 337 g/mol. The zero-order chi connectivity index (χ0) is 17.4. The number of halogens is 1. The molecule has 3 aromatic rings. The number of fused-ring (bicyclic) bond motifs is 1. The van der Waals surface area contributed by atoms with Gasteiger partial charge in [-0.2, -0.15) is 0 Å². The lowest BCUT2D eigenvalue weighted by molar-refractivity contribution is -0.122. The molecule has 0 saturated heterocycles. The Morgan fingerprint density at radius 1 is 1.28 bits per heavy atom. The molecule has 0 aliphatic heterocycles. The number of aromatic nitrogens is 2. The highest BCUT2D eigenvalue weighted by molar-refractivity contribution is 5.84. The first-order valence-electron chi connectivity index (χ1n) is 8.61. The lowest BCUT2D eigenvalue weighted by atomic mass is 9.93. The first-order chi connectivity index (χ1) is 12.1. The Hall–Kier alpha value is -2.69. The van der Waals surface area contributed by atoms with E-state index in [9.17, 15) is 9.18 Å². The molecule has 1 aliphatic rings. The van der Waals surface area contributed by atoms with Crippen LogP contribution in [0, 0.1) is 12.7 Å². The van der Waals surface area contributed by atoms with Crippen LogP contribution in [0.5, 0.6) is 0 Å². The monoisotopic (exact) mass is 337 g/mol. The second kappa shape index (κ2) is 6.31. The molecule has 0 unspecified atom stereocenters. The molecule has 0 atom stereocenters. The Labute approximate surface area is 145 Å². The summed E-state index contributed by atoms with van der Waals surface area (Å²) < 4.78 is 15.4. The summed E-state index contributed by atoms with van der Waals surface area (Å²) in [6.45, 7) is 2.03. The lowest BCUT2D eigenvalue weighted by Gasteiger charge is -2.26. The molecular weight excluding hydrogens is 317 g/mol. The normalized spacial score (nSPS) is 14.5. The number of carbonyl (C=O) groups excluding carboxylic acids is 1. The topological polar surface area (TPSA) is 46.9 Å². The predicted molar refractivity (Wildman–Crippen MR) is 95.6 cm³/mol. The van der Waals surface area contributed by atoms with Crippen molar-refractivity contribution in [3.63, 3.8) is 0 Å². The highest BCUT2D eigenvalue weighted by atomic mass is 19.1. The van der Waals surface area contributed by atoms with Crippen LogP contribution in [0.3, 0.4) is 0 Å². The van der Waals surface area contributed by atoms with Gasteiger partial charge in [0.25, 0.3) is 0 Å². The molecule has 0 bridgehead atoms. The van der Waals surface area contributed by atoms with E-state index >= 15 is 0 Å². The number of nitrogens with one attached hydrogen (secondary N) is 1. The quantitative estimate of drug-likeness (QED) is 0.787. The van der Waals surface area contributed by atoms with Crippen molar-refractivity contribution in [2.45, 2.75) is 38.8 Å². The number of benzene rings is 1. The maximum atomic E-state index is 13.5. The highest BCUT2D eigenvalue weighted by Crippen LogP contribution is 2.25. The number of hydrogen-bond acceptors (Lipinski definition) is 2. The fraction of sp³-hybridized carbons (Fsp3) is 0.300. The van der Waals surface area contributed by atoms with Crippen molar-refractivity contribution < 1.29 is 9.18 Å². The van der Waals surface area contributed by atoms with Crippen molar-refractivity contribution in [3.8, 4) is 11.1 Å². The summed E-state index contributed by atoms with van der Waals surface area (Å²) in [6.07, 6.45) is 7.02. The summed E-state index contributed by atoms with van der Waals surface area (Å²) in [7, 11) is 0. The molecule has 1 aromatic carbocycles. The number of hydrogen-bond donors (Lipinski definition) is 1. The molecule has 4 rings (SSSR count). The number of carbonyl (C=O) groups is 1. The van der Waals surface area contributed by atoms with Crippen molar-refractivity contribution in [1.82, 2.24) is 14.9 Å². The van der Waals surface area contributed by atoms with Gasteiger partial charge < -0.3 is 9.88 Å². The molecule has 4 nitrogen and oxygen atoms in total. The fourth-order valence-electron chi connectivity index (χ4n) is 3.16. The van der Waals surface area contributed by atoms with Gasteiger partial charge in [-0.1, -0.05) is 6.07 Å². The molecule has 1 amide bonds. The van der Waals surface area contributed by atoms with Gasteiger partial charge in [-0.25, -0.2) is 4.39 Å². The molecule has 0 spiro atoms. The first-order valence-corrected chi connectivity index (χ1v) is 8.61. The minimum absolute atomic E-state index is 0.0326. The zero-order valence-electron chi connectivity index (χ0n) is 14.1. The maximum absolute atomic E-state index is 13.5. The van der Waals surface area contributed by atoms with Crippen LogP contribution in [0.15, 0.2) is 42.7 Å². The van der Waals surface area contributed by atoms with Crippen molar-refractivity contribution in [2.24, 2.45) is 0 Å².